The van der Waals surface area contributed by atoms with Gasteiger partial charge >= 0.3 is 0 Å². The second kappa shape index (κ2) is 6.24. The molecule has 0 bridgehead atoms. The Kier molecular flexibility index (Phi) is 4.95. The van der Waals surface area contributed by atoms with Crippen molar-refractivity contribution in [3.63, 3.8) is 0 Å². The second-order valence-corrected chi connectivity index (χ2v) is 4.56. The summed E-state index contributed by atoms with van der Waals surface area (Å²) < 4.78 is 0. The standard InChI is InChI=1S/C15H21NO2/c1-5-11(2)16(13(4)18)15-8-6-14(7-9-15)10-12(3)17/h6-9,11,17H,3,5,10H2,1-2,4H3. The summed E-state index contributed by atoms with van der Waals surface area (Å²) in [6.45, 7) is 9.14. The van der Waals surface area contributed by atoms with E-state index < -0.39 is 0 Å². The maximum atomic E-state index is 11.7. The number of nitrogens with zero attached hydrogens (tertiary/aromatic N) is 1. The van der Waals surface area contributed by atoms with Crippen LogP contribution in [0.25, 0.3) is 0 Å². The van der Waals surface area contributed by atoms with Gasteiger partial charge in [0.1, 0.15) is 0 Å². The third-order valence-electron chi connectivity index (χ3n) is 2.99. The fourth-order valence-corrected chi connectivity index (χ4v) is 1.94. The van der Waals surface area contributed by atoms with E-state index in [4.69, 9.17) is 5.11 Å². The van der Waals surface area contributed by atoms with Gasteiger partial charge in [0.15, 0.2) is 0 Å². The Morgan fingerprint density at radius 2 is 1.94 bits per heavy atom. The molecule has 0 aliphatic heterocycles. The summed E-state index contributed by atoms with van der Waals surface area (Å²) in [6.07, 6.45) is 1.36. The number of rotatable bonds is 5. The van der Waals surface area contributed by atoms with Gasteiger partial charge in [-0.05, 0) is 31.0 Å². The molecule has 1 atom stereocenters. The van der Waals surface area contributed by atoms with Crippen LogP contribution in [0.2, 0.25) is 0 Å². The molecule has 0 spiro atoms. The molecule has 0 aromatic heterocycles. The van der Waals surface area contributed by atoms with Crippen LogP contribution < -0.4 is 4.90 Å². The lowest BCUT2D eigenvalue weighted by Gasteiger charge is -2.27. The number of aliphatic hydroxyl groups excluding tert-OH is 1. The summed E-state index contributed by atoms with van der Waals surface area (Å²) in [4.78, 5) is 13.5. The van der Waals surface area contributed by atoms with Crippen LogP contribution in [0.1, 0.15) is 32.8 Å². The van der Waals surface area contributed by atoms with Gasteiger partial charge in [0.2, 0.25) is 5.91 Å². The predicted molar refractivity (Wildman–Crippen MR) is 74.8 cm³/mol. The lowest BCUT2D eigenvalue weighted by Crippen LogP contribution is -2.36. The van der Waals surface area contributed by atoms with E-state index in [1.807, 2.05) is 31.2 Å². The molecule has 1 N–H and O–H groups in total. The highest BCUT2D eigenvalue weighted by Crippen LogP contribution is 2.20. The minimum absolute atomic E-state index is 0.0451. The first-order valence-electron chi connectivity index (χ1n) is 6.21. The average molecular weight is 247 g/mol. The summed E-state index contributed by atoms with van der Waals surface area (Å²) in [5.41, 5.74) is 1.88. The summed E-state index contributed by atoms with van der Waals surface area (Å²) >= 11 is 0. The zero-order valence-electron chi connectivity index (χ0n) is 11.3. The number of carbonyl (C=O) groups is 1. The molecule has 0 fully saturated rings. The van der Waals surface area contributed by atoms with Crippen LogP contribution in [0.5, 0.6) is 0 Å². The van der Waals surface area contributed by atoms with Crippen molar-refractivity contribution in [2.75, 3.05) is 4.90 Å². The first kappa shape index (κ1) is 14.3. The predicted octanol–water partition coefficient (Wildman–Crippen LogP) is 3.45. The van der Waals surface area contributed by atoms with Crippen molar-refractivity contribution in [1.29, 1.82) is 0 Å². The largest absolute Gasteiger partial charge is 0.513 e. The molecule has 0 saturated carbocycles. The van der Waals surface area contributed by atoms with Gasteiger partial charge in [0.05, 0.1) is 5.76 Å². The lowest BCUT2D eigenvalue weighted by atomic mass is 10.1. The third kappa shape index (κ3) is 3.62. The Morgan fingerprint density at radius 1 is 1.39 bits per heavy atom. The van der Waals surface area contributed by atoms with Crippen LogP contribution in [-0.2, 0) is 11.2 Å². The van der Waals surface area contributed by atoms with Crippen LogP contribution in [-0.4, -0.2) is 17.1 Å². The molecule has 1 rings (SSSR count). The Bertz CT molecular complexity index is 423. The maximum Gasteiger partial charge on any atom is 0.224 e. The number of aliphatic hydroxyl groups is 1. The molecule has 1 aromatic rings. The van der Waals surface area contributed by atoms with E-state index >= 15 is 0 Å². The molecular weight excluding hydrogens is 226 g/mol. The SMILES string of the molecule is C=C(O)Cc1ccc(N(C(C)=O)C(C)CC)cc1. The molecule has 0 aliphatic rings. The third-order valence-corrected chi connectivity index (χ3v) is 2.99. The Morgan fingerprint density at radius 3 is 2.33 bits per heavy atom. The molecule has 0 radical (unpaired) electrons. The molecule has 0 saturated heterocycles. The maximum absolute atomic E-state index is 11.7. The number of amides is 1. The zero-order chi connectivity index (χ0) is 13.7. The van der Waals surface area contributed by atoms with E-state index in [1.165, 1.54) is 0 Å². The minimum atomic E-state index is 0.0451. The van der Waals surface area contributed by atoms with E-state index in [1.54, 1.807) is 11.8 Å². The van der Waals surface area contributed by atoms with E-state index in [0.29, 0.717) is 6.42 Å². The van der Waals surface area contributed by atoms with Crippen molar-refractivity contribution in [3.05, 3.63) is 42.2 Å². The topological polar surface area (TPSA) is 40.5 Å². The summed E-state index contributed by atoms with van der Waals surface area (Å²) in [7, 11) is 0. The van der Waals surface area contributed by atoms with Crippen LogP contribution in [0.15, 0.2) is 36.6 Å². The van der Waals surface area contributed by atoms with E-state index in [0.717, 1.165) is 17.7 Å². The van der Waals surface area contributed by atoms with Gasteiger partial charge < -0.3 is 10.0 Å². The number of hydrogen-bond acceptors (Lipinski definition) is 2. The molecule has 18 heavy (non-hydrogen) atoms. The zero-order valence-corrected chi connectivity index (χ0v) is 11.3. The van der Waals surface area contributed by atoms with Crippen LogP contribution >= 0.6 is 0 Å². The number of hydrogen-bond donors (Lipinski definition) is 1. The highest BCUT2D eigenvalue weighted by atomic mass is 16.3. The summed E-state index contributed by atoms with van der Waals surface area (Å²) in [5.74, 6) is 0.191. The normalized spacial score (nSPS) is 11.9. The first-order chi connectivity index (χ1) is 8.45. The van der Waals surface area contributed by atoms with Crippen molar-refractivity contribution < 1.29 is 9.90 Å². The van der Waals surface area contributed by atoms with Gasteiger partial charge in [-0.15, -0.1) is 0 Å². The molecule has 3 nitrogen and oxygen atoms in total. The highest BCUT2D eigenvalue weighted by molar-refractivity contribution is 5.92. The van der Waals surface area contributed by atoms with Gasteiger partial charge in [-0.1, -0.05) is 25.6 Å². The fraction of sp³-hybridized carbons (Fsp3) is 0.400. The molecule has 0 aliphatic carbocycles. The highest BCUT2D eigenvalue weighted by Gasteiger charge is 2.16. The van der Waals surface area contributed by atoms with E-state index in [2.05, 4.69) is 13.5 Å². The lowest BCUT2D eigenvalue weighted by molar-refractivity contribution is -0.117. The second-order valence-electron chi connectivity index (χ2n) is 4.56. The Labute approximate surface area is 109 Å². The molecule has 0 heterocycles. The molecule has 98 valence electrons. The van der Waals surface area contributed by atoms with Crippen LogP contribution in [0.3, 0.4) is 0 Å². The first-order valence-corrected chi connectivity index (χ1v) is 6.21. The Hall–Kier alpha value is -1.77. The molecule has 1 aromatic carbocycles. The van der Waals surface area contributed by atoms with Gasteiger partial charge in [-0.2, -0.15) is 0 Å². The van der Waals surface area contributed by atoms with E-state index in [-0.39, 0.29) is 17.7 Å². The molecule has 3 heteroatoms. The smallest absolute Gasteiger partial charge is 0.224 e. The van der Waals surface area contributed by atoms with Gasteiger partial charge in [0, 0.05) is 25.1 Å². The average Bonchev–Trinajstić information content (AvgIpc) is 2.30. The summed E-state index contributed by atoms with van der Waals surface area (Å²) in [5, 5.41) is 9.14. The van der Waals surface area contributed by atoms with Gasteiger partial charge in [-0.3, -0.25) is 4.79 Å². The molecule has 1 amide bonds. The van der Waals surface area contributed by atoms with Crippen LogP contribution in [0, 0.1) is 0 Å². The molecule has 1 unspecified atom stereocenters. The monoisotopic (exact) mass is 247 g/mol. The number of anilines is 1. The van der Waals surface area contributed by atoms with Crippen LogP contribution in [0.4, 0.5) is 5.69 Å². The quantitative estimate of drug-likeness (QED) is 0.809. The van der Waals surface area contributed by atoms with Crippen molar-refractivity contribution in [1.82, 2.24) is 0 Å². The Balaban J connectivity index is 2.94. The van der Waals surface area contributed by atoms with Crippen molar-refractivity contribution >= 4 is 11.6 Å². The van der Waals surface area contributed by atoms with Gasteiger partial charge in [0.25, 0.3) is 0 Å². The van der Waals surface area contributed by atoms with Crippen molar-refractivity contribution in [3.8, 4) is 0 Å². The fourth-order valence-electron chi connectivity index (χ4n) is 1.94. The molecular formula is C15H21NO2. The van der Waals surface area contributed by atoms with Crippen molar-refractivity contribution in [2.24, 2.45) is 0 Å². The van der Waals surface area contributed by atoms with Gasteiger partial charge in [-0.25, -0.2) is 0 Å². The number of carbonyl (C=O) groups excluding carboxylic acids is 1. The summed E-state index contributed by atoms with van der Waals surface area (Å²) in [6, 6.07) is 7.82. The number of benzene rings is 1. The van der Waals surface area contributed by atoms with Crippen molar-refractivity contribution in [2.45, 2.75) is 39.7 Å². The number of allylic oxidation sites excluding steroid dienone is 1. The van der Waals surface area contributed by atoms with E-state index in [9.17, 15) is 4.79 Å². The minimum Gasteiger partial charge on any atom is -0.513 e.